The van der Waals surface area contributed by atoms with Crippen molar-refractivity contribution in [2.45, 2.75) is 18.8 Å². The van der Waals surface area contributed by atoms with E-state index in [-0.39, 0.29) is 5.33 Å². The van der Waals surface area contributed by atoms with Gasteiger partial charge in [0.2, 0.25) is 0 Å². The molecule has 0 saturated carbocycles. The predicted octanol–water partition coefficient (Wildman–Crippen LogP) is 2.22. The molecule has 0 spiro atoms. The molecule has 0 saturated heterocycles. The van der Waals surface area contributed by atoms with Crippen LogP contribution in [0.5, 0.6) is 5.75 Å². The second kappa shape index (κ2) is 6.23. The fourth-order valence-corrected chi connectivity index (χ4v) is 1.63. The molecule has 0 radical (unpaired) electrons. The van der Waals surface area contributed by atoms with Gasteiger partial charge in [0.25, 0.3) is 0 Å². The number of hydrogen-bond acceptors (Lipinski definition) is 3. The third kappa shape index (κ3) is 3.58. The quantitative estimate of drug-likeness (QED) is 0.819. The highest BCUT2D eigenvalue weighted by Gasteiger charge is 2.25. The van der Waals surface area contributed by atoms with Gasteiger partial charge in [-0.1, -0.05) is 22.0 Å². The fraction of sp³-hybridized carbons (Fsp3) is 0.400. The number of hydrogen-bond donors (Lipinski definition) is 2. The van der Waals surface area contributed by atoms with Crippen molar-refractivity contribution in [2.24, 2.45) is 0 Å². The molecule has 2 unspecified atom stereocenters. The number of aliphatic hydroxyl groups is 2. The van der Waals surface area contributed by atoms with Gasteiger partial charge in [0.15, 0.2) is 0 Å². The average Bonchev–Trinajstić information content (AvgIpc) is 2.26. The minimum absolute atomic E-state index is 0.0311. The zero-order valence-electron chi connectivity index (χ0n) is 8.49. The minimum atomic E-state index is -3.14. The van der Waals surface area contributed by atoms with Crippen LogP contribution in [0.1, 0.15) is 11.7 Å². The molecule has 0 bridgehead atoms. The van der Waals surface area contributed by atoms with Gasteiger partial charge in [0, 0.05) is 5.33 Å². The number of benzene rings is 1. The first kappa shape index (κ1) is 14.3. The lowest BCUT2D eigenvalue weighted by Crippen LogP contribution is -2.22. The summed E-state index contributed by atoms with van der Waals surface area (Å²) in [5.41, 5.74) is -0.486. The van der Waals surface area contributed by atoms with Crippen molar-refractivity contribution in [3.63, 3.8) is 0 Å². The normalized spacial score (nSPS) is 14.8. The summed E-state index contributed by atoms with van der Waals surface area (Å²) in [6, 6.07) is 3.25. The van der Waals surface area contributed by atoms with Crippen LogP contribution in [0.4, 0.5) is 13.2 Å². The Morgan fingerprint density at radius 2 is 1.94 bits per heavy atom. The highest BCUT2D eigenvalue weighted by atomic mass is 79.9. The number of aliphatic hydroxyl groups excluding tert-OH is 2. The van der Waals surface area contributed by atoms with Crippen LogP contribution in [0, 0.1) is 5.82 Å². The van der Waals surface area contributed by atoms with E-state index in [1.54, 1.807) is 0 Å². The summed E-state index contributed by atoms with van der Waals surface area (Å²) >= 11 is 2.89. The van der Waals surface area contributed by atoms with Crippen molar-refractivity contribution < 1.29 is 28.1 Å². The first-order chi connectivity index (χ1) is 7.97. The molecular weight excluding hydrogens is 305 g/mol. The van der Waals surface area contributed by atoms with Gasteiger partial charge >= 0.3 is 6.61 Å². The SMILES string of the molecule is OC(CBr)C(O)c1c(F)cccc1OC(F)F. The van der Waals surface area contributed by atoms with E-state index in [0.717, 1.165) is 12.1 Å². The Kier molecular flexibility index (Phi) is 5.23. The van der Waals surface area contributed by atoms with Crippen LogP contribution in [-0.4, -0.2) is 28.3 Å². The van der Waals surface area contributed by atoms with Gasteiger partial charge in [0.1, 0.15) is 17.7 Å². The first-order valence-electron chi connectivity index (χ1n) is 4.62. The lowest BCUT2D eigenvalue weighted by atomic mass is 10.0. The van der Waals surface area contributed by atoms with E-state index in [2.05, 4.69) is 20.7 Å². The topological polar surface area (TPSA) is 49.7 Å². The second-order valence-electron chi connectivity index (χ2n) is 3.20. The van der Waals surface area contributed by atoms with Crippen LogP contribution in [-0.2, 0) is 0 Å². The van der Waals surface area contributed by atoms with Gasteiger partial charge in [-0.15, -0.1) is 0 Å². The largest absolute Gasteiger partial charge is 0.434 e. The van der Waals surface area contributed by atoms with Crippen molar-refractivity contribution in [1.29, 1.82) is 0 Å². The molecule has 1 aromatic carbocycles. The zero-order valence-corrected chi connectivity index (χ0v) is 10.1. The van der Waals surface area contributed by atoms with Gasteiger partial charge in [-0.2, -0.15) is 8.78 Å². The molecule has 2 N–H and O–H groups in total. The fourth-order valence-electron chi connectivity index (χ4n) is 1.28. The maximum absolute atomic E-state index is 13.4. The monoisotopic (exact) mass is 314 g/mol. The van der Waals surface area contributed by atoms with E-state index in [4.69, 9.17) is 0 Å². The molecule has 1 rings (SSSR count). The second-order valence-corrected chi connectivity index (χ2v) is 3.84. The van der Waals surface area contributed by atoms with Gasteiger partial charge < -0.3 is 14.9 Å². The Labute approximate surface area is 104 Å². The van der Waals surface area contributed by atoms with E-state index >= 15 is 0 Å². The summed E-state index contributed by atoms with van der Waals surface area (Å²) in [4.78, 5) is 0. The van der Waals surface area contributed by atoms with Crippen LogP contribution in [0.3, 0.4) is 0 Å². The number of halogens is 4. The highest BCUT2D eigenvalue weighted by Crippen LogP contribution is 2.31. The van der Waals surface area contributed by atoms with Gasteiger partial charge in [0.05, 0.1) is 11.7 Å². The lowest BCUT2D eigenvalue weighted by molar-refractivity contribution is -0.0537. The molecule has 0 fully saturated rings. The molecule has 0 aliphatic carbocycles. The summed E-state index contributed by atoms with van der Waals surface area (Å²) in [6.45, 7) is -3.14. The molecule has 7 heteroatoms. The molecule has 3 nitrogen and oxygen atoms in total. The number of alkyl halides is 3. The summed E-state index contributed by atoms with van der Waals surface area (Å²) in [5.74, 6) is -1.41. The van der Waals surface area contributed by atoms with Crippen LogP contribution in [0.2, 0.25) is 0 Å². The Bertz CT molecular complexity index is 376. The molecule has 0 aromatic heterocycles. The van der Waals surface area contributed by atoms with E-state index in [1.807, 2.05) is 0 Å². The Morgan fingerprint density at radius 1 is 1.29 bits per heavy atom. The van der Waals surface area contributed by atoms with Gasteiger partial charge in [-0.05, 0) is 12.1 Å². The highest BCUT2D eigenvalue weighted by molar-refractivity contribution is 9.09. The van der Waals surface area contributed by atoms with E-state index in [9.17, 15) is 23.4 Å². The van der Waals surface area contributed by atoms with Crippen molar-refractivity contribution in [3.05, 3.63) is 29.6 Å². The number of ether oxygens (including phenoxy) is 1. The number of rotatable bonds is 5. The lowest BCUT2D eigenvalue weighted by Gasteiger charge is -2.19. The molecular formula is C10H10BrF3O3. The van der Waals surface area contributed by atoms with E-state index < -0.39 is 35.9 Å². The maximum Gasteiger partial charge on any atom is 0.387 e. The Hall–Kier alpha value is -0.790. The average molecular weight is 315 g/mol. The van der Waals surface area contributed by atoms with Crippen LogP contribution in [0.15, 0.2) is 18.2 Å². The minimum Gasteiger partial charge on any atom is -0.434 e. The Morgan fingerprint density at radius 3 is 2.47 bits per heavy atom. The zero-order chi connectivity index (χ0) is 13.0. The van der Waals surface area contributed by atoms with Crippen LogP contribution in [0.25, 0.3) is 0 Å². The third-order valence-electron chi connectivity index (χ3n) is 2.05. The maximum atomic E-state index is 13.4. The molecule has 1 aromatic rings. The van der Waals surface area contributed by atoms with Crippen molar-refractivity contribution in [3.8, 4) is 5.75 Å². The standard InChI is InChI=1S/C10H10BrF3O3/c11-4-6(15)9(16)8-5(12)2-1-3-7(8)17-10(13)14/h1-3,6,9-10,15-16H,4H2. The van der Waals surface area contributed by atoms with Crippen molar-refractivity contribution in [2.75, 3.05) is 5.33 Å². The third-order valence-corrected chi connectivity index (χ3v) is 2.71. The summed E-state index contributed by atoms with van der Waals surface area (Å²) < 4.78 is 41.7. The predicted molar refractivity (Wildman–Crippen MR) is 57.8 cm³/mol. The molecule has 17 heavy (non-hydrogen) atoms. The Balaban J connectivity index is 3.10. The van der Waals surface area contributed by atoms with Crippen LogP contribution < -0.4 is 4.74 Å². The molecule has 2 atom stereocenters. The van der Waals surface area contributed by atoms with Gasteiger partial charge in [-0.25, -0.2) is 4.39 Å². The van der Waals surface area contributed by atoms with E-state index in [1.165, 1.54) is 6.07 Å². The van der Waals surface area contributed by atoms with Crippen LogP contribution >= 0.6 is 15.9 Å². The molecule has 0 aliphatic rings. The smallest absolute Gasteiger partial charge is 0.387 e. The first-order valence-corrected chi connectivity index (χ1v) is 5.74. The summed E-state index contributed by atoms with van der Waals surface area (Å²) in [5, 5.41) is 18.9. The molecule has 96 valence electrons. The van der Waals surface area contributed by atoms with Gasteiger partial charge in [-0.3, -0.25) is 0 Å². The summed E-state index contributed by atoms with van der Waals surface area (Å²) in [7, 11) is 0. The van der Waals surface area contributed by atoms with E-state index in [0.29, 0.717) is 0 Å². The molecule has 0 amide bonds. The summed E-state index contributed by atoms with van der Waals surface area (Å²) in [6.07, 6.45) is -2.98. The molecule has 0 heterocycles. The van der Waals surface area contributed by atoms with Crippen molar-refractivity contribution in [1.82, 2.24) is 0 Å². The van der Waals surface area contributed by atoms with Crippen molar-refractivity contribution >= 4 is 15.9 Å². The molecule has 0 aliphatic heterocycles.